The van der Waals surface area contributed by atoms with Crippen molar-refractivity contribution < 1.29 is 23.3 Å². The summed E-state index contributed by atoms with van der Waals surface area (Å²) in [7, 11) is 0. The largest absolute Gasteiger partial charge is 0.149 e. The molecule has 0 aromatic heterocycles. The van der Waals surface area contributed by atoms with Gasteiger partial charge in [0.05, 0.1) is 0 Å². The second-order valence-corrected chi connectivity index (χ2v) is 21.0. The van der Waals surface area contributed by atoms with E-state index >= 15 is 0 Å². The molecular weight excluding hydrogens is 695 g/mol. The summed E-state index contributed by atoms with van der Waals surface area (Å²) in [5, 5.41) is 10.6. The summed E-state index contributed by atoms with van der Waals surface area (Å²) in [6, 6.07) is 52.2. The van der Waals surface area contributed by atoms with E-state index in [4.69, 9.17) is 0 Å². The molecule has 228 valence electrons. The van der Waals surface area contributed by atoms with Crippen LogP contribution < -0.4 is 0 Å². The minimum Gasteiger partial charge on any atom is -0.149 e. The zero-order valence-electron chi connectivity index (χ0n) is 26.7. The monoisotopic (exact) mass is 730 g/mol. The van der Waals surface area contributed by atoms with E-state index < -0.39 is 0 Å². The van der Waals surface area contributed by atoms with Crippen LogP contribution in [0.3, 0.4) is 0 Å². The Balaban J connectivity index is 0.000000180. The van der Waals surface area contributed by atoms with E-state index in [1.807, 2.05) is 0 Å². The van der Waals surface area contributed by atoms with Gasteiger partial charge in [0.15, 0.2) is 0 Å². The molecule has 0 atom stereocenters. The first-order valence-electron chi connectivity index (χ1n) is 15.2. The standard InChI is InChI=1S/2C20H15.C2H6Si.2ClH.Zr/c2*1-14-13-16-8-3-5-11-18(16)20(14)19-12-6-9-15-7-2-4-10-17(15)19;1-3-2;;;/h2*2-13H,1H3;1-2H3;2*1H;/q2*-1;;;;+2. The van der Waals surface area contributed by atoms with Crippen molar-refractivity contribution in [1.29, 1.82) is 0 Å². The normalized spacial score (nSPS) is 10.4. The first kappa shape index (κ1) is 35.6. The van der Waals surface area contributed by atoms with Gasteiger partial charge in [0.1, 0.15) is 0 Å². The molecule has 0 aliphatic heterocycles. The van der Waals surface area contributed by atoms with E-state index in [0.29, 0.717) is 0 Å². The Morgan fingerprint density at radius 1 is 0.435 bits per heavy atom. The van der Waals surface area contributed by atoms with Gasteiger partial charge in [-0.25, -0.2) is 0 Å². The van der Waals surface area contributed by atoms with Crippen LogP contribution in [0.2, 0.25) is 13.1 Å². The van der Waals surface area contributed by atoms with Crippen molar-refractivity contribution in [3.63, 3.8) is 0 Å². The molecule has 4 heteroatoms. The van der Waals surface area contributed by atoms with Gasteiger partial charge < -0.3 is 0 Å². The van der Waals surface area contributed by atoms with Gasteiger partial charge in [-0.1, -0.05) is 122 Å². The summed E-state index contributed by atoms with van der Waals surface area (Å²) in [5.41, 5.74) is 8.32. The SMILES string of the molecule is C[Si](C)=[Zr+2].Cc1[cH-]c2ccccc2c1-c1cccc2ccccc12.Cc1[cH-]c2ccccc2c1-c1cccc2ccccc12.Cl.Cl. The Bertz CT molecular complexity index is 2090. The first-order valence-corrected chi connectivity index (χ1v) is 21.4. The third kappa shape index (κ3) is 7.48. The molecule has 0 heterocycles. The molecule has 0 unspecified atom stereocenters. The van der Waals surface area contributed by atoms with E-state index in [0.717, 1.165) is 0 Å². The second kappa shape index (κ2) is 16.0. The van der Waals surface area contributed by atoms with Crippen LogP contribution in [0.4, 0.5) is 0 Å². The zero-order chi connectivity index (χ0) is 30.6. The maximum absolute atomic E-state index is 2.31. The third-order valence-electron chi connectivity index (χ3n) is 8.11. The van der Waals surface area contributed by atoms with Gasteiger partial charge in [0, 0.05) is 0 Å². The van der Waals surface area contributed by atoms with Crippen molar-refractivity contribution in [2.75, 3.05) is 0 Å². The molecule has 0 bridgehead atoms. The number of halogens is 2. The molecule has 8 aromatic carbocycles. The van der Waals surface area contributed by atoms with Crippen molar-refractivity contribution in [3.05, 3.63) is 157 Å². The number of benzene rings is 6. The molecule has 8 rings (SSSR count). The summed E-state index contributed by atoms with van der Waals surface area (Å²) >= 11 is 1.74. The van der Waals surface area contributed by atoms with Gasteiger partial charge in [-0.2, -0.15) is 0 Å². The number of hydrogen-bond acceptors (Lipinski definition) is 0. The van der Waals surface area contributed by atoms with E-state index in [1.165, 1.54) is 76.5 Å². The van der Waals surface area contributed by atoms with E-state index in [-0.39, 0.29) is 30.2 Å². The molecule has 0 saturated carbocycles. The fourth-order valence-electron chi connectivity index (χ4n) is 6.34. The summed E-state index contributed by atoms with van der Waals surface area (Å²) in [4.78, 5) is 0. The Morgan fingerprint density at radius 2 is 0.739 bits per heavy atom. The minimum atomic E-state index is 0. The summed E-state index contributed by atoms with van der Waals surface area (Å²) in [6.07, 6.45) is 0. The maximum atomic E-state index is 2.31. The van der Waals surface area contributed by atoms with Crippen molar-refractivity contribution in [2.24, 2.45) is 0 Å². The molecule has 0 nitrogen and oxygen atoms in total. The minimum absolute atomic E-state index is 0. The van der Waals surface area contributed by atoms with Crippen LogP contribution in [0.25, 0.3) is 65.3 Å². The van der Waals surface area contributed by atoms with Gasteiger partial charge in [0.2, 0.25) is 0 Å². The van der Waals surface area contributed by atoms with Crippen molar-refractivity contribution >= 4 is 73.3 Å². The fraction of sp³-hybridized carbons (Fsp3) is 0.0952. The Labute approximate surface area is 300 Å². The number of aryl methyl sites for hydroxylation is 2. The van der Waals surface area contributed by atoms with Crippen LogP contribution in [-0.2, 0) is 23.3 Å². The van der Waals surface area contributed by atoms with Crippen LogP contribution >= 0.6 is 24.8 Å². The predicted octanol–water partition coefficient (Wildman–Crippen LogP) is 13.0. The number of fused-ring (bicyclic) bond motifs is 4. The van der Waals surface area contributed by atoms with Gasteiger partial charge in [0.25, 0.3) is 0 Å². The molecular formula is C42H38Cl2SiZr. The van der Waals surface area contributed by atoms with Crippen LogP contribution in [0.1, 0.15) is 11.1 Å². The zero-order valence-corrected chi connectivity index (χ0v) is 31.8. The third-order valence-corrected chi connectivity index (χ3v) is 8.11. The van der Waals surface area contributed by atoms with Crippen molar-refractivity contribution in [1.82, 2.24) is 0 Å². The van der Waals surface area contributed by atoms with Gasteiger partial charge >= 0.3 is 41.9 Å². The van der Waals surface area contributed by atoms with Crippen molar-refractivity contribution in [3.8, 4) is 22.3 Å². The van der Waals surface area contributed by atoms with Crippen LogP contribution in [-0.4, -0.2) is 5.43 Å². The Morgan fingerprint density at radius 3 is 1.13 bits per heavy atom. The topological polar surface area (TPSA) is 0 Å². The van der Waals surface area contributed by atoms with Crippen LogP contribution in [0.5, 0.6) is 0 Å². The summed E-state index contributed by atoms with van der Waals surface area (Å²) in [6.45, 7) is 9.03. The second-order valence-electron chi connectivity index (χ2n) is 11.6. The molecule has 0 aliphatic carbocycles. The van der Waals surface area contributed by atoms with E-state index in [2.05, 4.69) is 173 Å². The van der Waals surface area contributed by atoms with Gasteiger partial charge in [-0.3, -0.25) is 0 Å². The Kier molecular flexibility index (Phi) is 12.4. The smallest absolute Gasteiger partial charge is 0.0186 e. The average molecular weight is 733 g/mol. The molecule has 46 heavy (non-hydrogen) atoms. The molecule has 0 spiro atoms. The molecule has 8 aromatic rings. The van der Waals surface area contributed by atoms with Crippen LogP contribution in [0.15, 0.2) is 146 Å². The van der Waals surface area contributed by atoms with Crippen LogP contribution in [0, 0.1) is 13.8 Å². The summed E-state index contributed by atoms with van der Waals surface area (Å²) < 4.78 is 0. The van der Waals surface area contributed by atoms with Crippen molar-refractivity contribution in [2.45, 2.75) is 26.9 Å². The quantitative estimate of drug-likeness (QED) is 0.123. The molecule has 0 N–H and O–H groups in total. The van der Waals surface area contributed by atoms with Gasteiger partial charge in [-0.05, 0) is 21.5 Å². The maximum Gasteiger partial charge on any atom is -0.0186 e. The summed E-state index contributed by atoms with van der Waals surface area (Å²) in [5.74, 6) is 0. The molecule has 0 amide bonds. The molecule has 0 aliphatic rings. The molecule has 0 saturated heterocycles. The molecule has 0 radical (unpaired) electrons. The number of hydrogen-bond donors (Lipinski definition) is 0. The van der Waals surface area contributed by atoms with E-state index in [1.54, 1.807) is 23.3 Å². The molecule has 0 fully saturated rings. The average Bonchev–Trinajstić information content (AvgIpc) is 3.55. The van der Waals surface area contributed by atoms with Gasteiger partial charge in [-0.15, -0.1) is 117 Å². The Hall–Kier alpha value is -3.26. The number of rotatable bonds is 2. The fourth-order valence-corrected chi connectivity index (χ4v) is 6.34. The predicted molar refractivity (Wildman–Crippen MR) is 206 cm³/mol. The first-order chi connectivity index (χ1) is 21.4. The van der Waals surface area contributed by atoms with E-state index in [9.17, 15) is 0 Å².